The second-order valence-corrected chi connectivity index (χ2v) is 8.35. The molecule has 0 aliphatic heterocycles. The number of nitrogens with zero attached hydrogens (tertiary/aromatic N) is 1. The van der Waals surface area contributed by atoms with Gasteiger partial charge in [-0.2, -0.15) is 0 Å². The summed E-state index contributed by atoms with van der Waals surface area (Å²) in [5, 5.41) is 5.24. The highest BCUT2D eigenvalue weighted by atomic mass is 16.2. The van der Waals surface area contributed by atoms with Gasteiger partial charge in [0.2, 0.25) is 11.8 Å². The van der Waals surface area contributed by atoms with Crippen molar-refractivity contribution in [3.8, 4) is 11.8 Å². The van der Waals surface area contributed by atoms with E-state index in [4.69, 9.17) is 11.5 Å². The molecule has 0 bridgehead atoms. The Hall–Kier alpha value is -4.12. The Bertz CT molecular complexity index is 1100. The maximum Gasteiger partial charge on any atom is 0.245 e. The zero-order chi connectivity index (χ0) is 25.8. The van der Waals surface area contributed by atoms with Gasteiger partial charge in [0.25, 0.3) is 0 Å². The molecule has 0 radical (unpaired) electrons. The molecule has 8 heteroatoms. The molecule has 2 aromatic rings. The summed E-state index contributed by atoms with van der Waals surface area (Å²) in [5.41, 5.74) is 13.5. The van der Waals surface area contributed by atoms with Crippen LogP contribution in [0.3, 0.4) is 0 Å². The first-order valence-electron chi connectivity index (χ1n) is 11.5. The van der Waals surface area contributed by atoms with Crippen LogP contribution in [0.25, 0.3) is 0 Å². The molecule has 6 N–H and O–H groups in total. The fraction of sp³-hybridized carbons (Fsp3) is 0.333. The monoisotopic (exact) mass is 475 g/mol. The van der Waals surface area contributed by atoms with Crippen molar-refractivity contribution in [2.24, 2.45) is 22.4 Å². The second-order valence-electron chi connectivity index (χ2n) is 8.35. The molecule has 2 amide bonds. The third-order valence-electron chi connectivity index (χ3n) is 5.51. The van der Waals surface area contributed by atoms with Crippen LogP contribution in [0.2, 0.25) is 0 Å². The van der Waals surface area contributed by atoms with Crippen molar-refractivity contribution >= 4 is 23.6 Å². The van der Waals surface area contributed by atoms with Crippen molar-refractivity contribution in [2.75, 3.05) is 6.54 Å². The van der Waals surface area contributed by atoms with Crippen LogP contribution >= 0.6 is 0 Å². The lowest BCUT2D eigenvalue weighted by Gasteiger charge is -2.20. The zero-order valence-corrected chi connectivity index (χ0v) is 20.4. The van der Waals surface area contributed by atoms with Gasteiger partial charge < -0.3 is 22.1 Å². The molecule has 0 saturated carbocycles. The molecular formula is C27H33N5O3. The van der Waals surface area contributed by atoms with Gasteiger partial charge in [-0.1, -0.05) is 62.4 Å². The summed E-state index contributed by atoms with van der Waals surface area (Å²) in [5.74, 6) is 4.80. The van der Waals surface area contributed by atoms with Gasteiger partial charge in [-0.25, -0.2) is 4.99 Å². The smallest absolute Gasteiger partial charge is 0.245 e. The summed E-state index contributed by atoms with van der Waals surface area (Å²) < 4.78 is 0. The van der Waals surface area contributed by atoms with E-state index in [2.05, 4.69) is 27.5 Å². The van der Waals surface area contributed by atoms with E-state index in [9.17, 15) is 14.4 Å². The molecule has 0 spiro atoms. The summed E-state index contributed by atoms with van der Waals surface area (Å²) >= 11 is 0. The van der Waals surface area contributed by atoms with E-state index in [-0.39, 0.29) is 24.2 Å². The molecular weight excluding hydrogens is 442 g/mol. The van der Waals surface area contributed by atoms with E-state index < -0.39 is 23.9 Å². The van der Waals surface area contributed by atoms with Crippen LogP contribution in [0.15, 0.2) is 59.6 Å². The molecule has 1 unspecified atom stereocenters. The Morgan fingerprint density at radius 3 is 2.11 bits per heavy atom. The minimum absolute atomic E-state index is 0.106. The Kier molecular flexibility index (Phi) is 10.5. The molecule has 0 aliphatic rings. The van der Waals surface area contributed by atoms with Gasteiger partial charge in [0.1, 0.15) is 6.04 Å². The molecule has 0 heterocycles. The first kappa shape index (κ1) is 27.1. The summed E-state index contributed by atoms with van der Waals surface area (Å²) in [4.78, 5) is 41.0. The fourth-order valence-corrected chi connectivity index (χ4v) is 3.27. The quantitative estimate of drug-likeness (QED) is 0.234. The van der Waals surface area contributed by atoms with Crippen molar-refractivity contribution in [1.82, 2.24) is 10.6 Å². The molecule has 2 rings (SSSR count). The number of rotatable bonds is 10. The normalized spacial score (nSPS) is 12.8. The van der Waals surface area contributed by atoms with E-state index in [0.717, 1.165) is 16.7 Å². The molecule has 0 aromatic heterocycles. The van der Waals surface area contributed by atoms with E-state index in [1.807, 2.05) is 68.4 Å². The van der Waals surface area contributed by atoms with Crippen molar-refractivity contribution in [2.45, 2.75) is 45.7 Å². The molecule has 2 aromatic carbocycles. The highest BCUT2D eigenvalue weighted by molar-refractivity contribution is 5.92. The minimum atomic E-state index is -0.787. The summed E-state index contributed by atoms with van der Waals surface area (Å²) in [6.07, 6.45) is 1.01. The number of nitrogens with one attached hydrogen (secondary N) is 2. The Labute approximate surface area is 206 Å². The van der Waals surface area contributed by atoms with Crippen LogP contribution in [0.5, 0.6) is 0 Å². The van der Waals surface area contributed by atoms with Crippen molar-refractivity contribution in [3.05, 3.63) is 71.3 Å². The summed E-state index contributed by atoms with van der Waals surface area (Å²) in [6.45, 7) is 4.89. The van der Waals surface area contributed by atoms with Crippen LogP contribution in [-0.2, 0) is 20.8 Å². The van der Waals surface area contributed by atoms with Crippen molar-refractivity contribution < 1.29 is 14.4 Å². The number of nitrogens with two attached hydrogens (primary N) is 2. The van der Waals surface area contributed by atoms with E-state index in [1.54, 1.807) is 0 Å². The number of benzene rings is 2. The topological polar surface area (TPSA) is 140 Å². The first-order valence-corrected chi connectivity index (χ1v) is 11.5. The highest BCUT2D eigenvalue weighted by Gasteiger charge is 2.24. The van der Waals surface area contributed by atoms with Crippen LogP contribution in [-0.4, -0.2) is 42.2 Å². The largest absolute Gasteiger partial charge is 0.370 e. The number of hydrogen-bond acceptors (Lipinski definition) is 4. The average molecular weight is 476 g/mol. The van der Waals surface area contributed by atoms with Crippen LogP contribution in [0.4, 0.5) is 0 Å². The minimum Gasteiger partial charge on any atom is -0.370 e. The van der Waals surface area contributed by atoms with Crippen LogP contribution < -0.4 is 22.1 Å². The SMILES string of the molecule is CCC(C)[C@@H](N=C(N)N)C(=O)NCC(=O)N[C@@H](Cc1ccc(C#Cc2ccccc2)cc1)C(C)=O. The number of Topliss-reactive ketones (excluding diaryl/α,β-unsaturated/α-hetero) is 1. The Morgan fingerprint density at radius 1 is 0.971 bits per heavy atom. The van der Waals surface area contributed by atoms with Gasteiger partial charge in [-0.05, 0) is 49.1 Å². The lowest BCUT2D eigenvalue weighted by Crippen LogP contribution is -2.48. The van der Waals surface area contributed by atoms with E-state index >= 15 is 0 Å². The zero-order valence-electron chi connectivity index (χ0n) is 20.4. The van der Waals surface area contributed by atoms with Crippen LogP contribution in [0.1, 0.15) is 43.9 Å². The van der Waals surface area contributed by atoms with Gasteiger partial charge >= 0.3 is 0 Å². The molecule has 8 nitrogen and oxygen atoms in total. The van der Waals surface area contributed by atoms with Gasteiger partial charge in [0.05, 0.1) is 12.6 Å². The number of carbonyl (C=O) groups is 3. The van der Waals surface area contributed by atoms with E-state index in [0.29, 0.717) is 12.8 Å². The molecule has 0 fully saturated rings. The lowest BCUT2D eigenvalue weighted by atomic mass is 9.99. The number of amides is 2. The standard InChI is InChI=1S/C27H33N5O3/c1-4-18(2)25(32-27(28)29)26(35)30-17-24(34)31-23(19(3)33)16-22-14-12-21(13-15-22)11-10-20-8-6-5-7-9-20/h5-9,12-15,18,23,25H,4,16-17H2,1-3H3,(H,30,35)(H,31,34)(H4,28,29,32)/t18?,23-,25+/m0/s1. The molecule has 184 valence electrons. The van der Waals surface area contributed by atoms with Crippen molar-refractivity contribution in [3.63, 3.8) is 0 Å². The number of ketones is 1. The predicted octanol–water partition coefficient (Wildman–Crippen LogP) is 1.51. The Morgan fingerprint density at radius 2 is 1.57 bits per heavy atom. The van der Waals surface area contributed by atoms with Crippen LogP contribution in [0, 0.1) is 17.8 Å². The Balaban J connectivity index is 1.95. The number of aliphatic imine (C=N–C) groups is 1. The fourth-order valence-electron chi connectivity index (χ4n) is 3.27. The average Bonchev–Trinajstić information content (AvgIpc) is 2.85. The third kappa shape index (κ3) is 9.33. The van der Waals surface area contributed by atoms with Gasteiger partial charge in [0.15, 0.2) is 11.7 Å². The predicted molar refractivity (Wildman–Crippen MR) is 137 cm³/mol. The van der Waals surface area contributed by atoms with Gasteiger partial charge in [-0.15, -0.1) is 0 Å². The van der Waals surface area contributed by atoms with Gasteiger partial charge in [-0.3, -0.25) is 14.4 Å². The van der Waals surface area contributed by atoms with Gasteiger partial charge in [0, 0.05) is 11.1 Å². The highest BCUT2D eigenvalue weighted by Crippen LogP contribution is 2.12. The molecule has 35 heavy (non-hydrogen) atoms. The summed E-state index contributed by atoms with van der Waals surface area (Å²) in [7, 11) is 0. The molecule has 3 atom stereocenters. The number of guanidine groups is 1. The van der Waals surface area contributed by atoms with Crippen molar-refractivity contribution in [1.29, 1.82) is 0 Å². The second kappa shape index (κ2) is 13.6. The molecule has 0 saturated heterocycles. The number of hydrogen-bond donors (Lipinski definition) is 4. The summed E-state index contributed by atoms with van der Waals surface area (Å²) in [6, 6.07) is 15.7. The third-order valence-corrected chi connectivity index (χ3v) is 5.51. The maximum atomic E-state index is 12.5. The van der Waals surface area contributed by atoms with E-state index in [1.165, 1.54) is 6.92 Å². The lowest BCUT2D eigenvalue weighted by molar-refractivity contribution is -0.129. The first-order chi connectivity index (χ1) is 16.7. The maximum absolute atomic E-state index is 12.5. The molecule has 0 aliphatic carbocycles. The number of carbonyl (C=O) groups excluding carboxylic acids is 3.